The van der Waals surface area contributed by atoms with E-state index in [1.165, 1.54) is 0 Å². The quantitative estimate of drug-likeness (QED) is 0.287. The van der Waals surface area contributed by atoms with Gasteiger partial charge in [-0.05, 0) is 29.8 Å². The number of nitrogens with one attached hydrogen (secondary N) is 1. The average Bonchev–Trinajstić information content (AvgIpc) is 2.08. The van der Waals surface area contributed by atoms with Crippen molar-refractivity contribution in [2.24, 2.45) is 16.6 Å². The molecular weight excluding hydrogens is 168 g/mol. The lowest BCUT2D eigenvalue weighted by atomic mass is 10.2. The van der Waals surface area contributed by atoms with Gasteiger partial charge in [0.25, 0.3) is 0 Å². The molecule has 0 saturated carbocycles. The SMILES string of the molecule is NC(N)N/N=C/c1ccc(O)cc1. The van der Waals surface area contributed by atoms with Gasteiger partial charge in [-0.15, -0.1) is 0 Å². The number of hydrogen-bond acceptors (Lipinski definition) is 5. The van der Waals surface area contributed by atoms with E-state index in [2.05, 4.69) is 10.5 Å². The second kappa shape index (κ2) is 4.44. The second-order valence-corrected chi connectivity index (χ2v) is 2.50. The number of hydrazone groups is 1. The number of phenolic OH excluding ortho intramolecular Hbond substituents is 1. The number of phenols is 1. The molecule has 0 saturated heterocycles. The molecule has 1 aromatic rings. The first kappa shape index (κ1) is 9.50. The van der Waals surface area contributed by atoms with E-state index >= 15 is 0 Å². The minimum atomic E-state index is -0.659. The molecule has 0 amide bonds. The summed E-state index contributed by atoms with van der Waals surface area (Å²) in [4.78, 5) is 0. The maximum absolute atomic E-state index is 8.97. The van der Waals surface area contributed by atoms with Gasteiger partial charge in [0.1, 0.15) is 12.0 Å². The van der Waals surface area contributed by atoms with E-state index in [0.717, 1.165) is 5.56 Å². The van der Waals surface area contributed by atoms with Crippen molar-refractivity contribution in [3.05, 3.63) is 29.8 Å². The molecular formula is C8H12N4O. The van der Waals surface area contributed by atoms with Crippen molar-refractivity contribution in [2.75, 3.05) is 0 Å². The van der Waals surface area contributed by atoms with Crippen molar-refractivity contribution in [1.29, 1.82) is 0 Å². The Bertz CT molecular complexity index is 281. The van der Waals surface area contributed by atoms with Gasteiger partial charge in [0.05, 0.1) is 6.21 Å². The maximum Gasteiger partial charge on any atom is 0.142 e. The van der Waals surface area contributed by atoms with Crippen LogP contribution in [0.3, 0.4) is 0 Å². The van der Waals surface area contributed by atoms with E-state index in [0.29, 0.717) is 0 Å². The number of rotatable bonds is 3. The molecule has 70 valence electrons. The fourth-order valence-corrected chi connectivity index (χ4v) is 0.758. The van der Waals surface area contributed by atoms with Crippen LogP contribution >= 0.6 is 0 Å². The molecule has 0 aliphatic heterocycles. The minimum absolute atomic E-state index is 0.223. The fraction of sp³-hybridized carbons (Fsp3) is 0.125. The van der Waals surface area contributed by atoms with E-state index in [1.54, 1.807) is 30.5 Å². The van der Waals surface area contributed by atoms with Gasteiger partial charge in [-0.25, -0.2) is 0 Å². The van der Waals surface area contributed by atoms with Gasteiger partial charge < -0.3 is 5.11 Å². The third-order valence-corrected chi connectivity index (χ3v) is 1.33. The molecule has 6 N–H and O–H groups in total. The number of benzene rings is 1. The predicted octanol–water partition coefficient (Wildman–Crippen LogP) is -0.483. The topological polar surface area (TPSA) is 96.7 Å². The number of hydrogen-bond donors (Lipinski definition) is 4. The Morgan fingerprint density at radius 3 is 2.46 bits per heavy atom. The molecule has 0 atom stereocenters. The third kappa shape index (κ3) is 3.55. The largest absolute Gasteiger partial charge is 0.508 e. The molecule has 0 aromatic heterocycles. The van der Waals surface area contributed by atoms with Gasteiger partial charge in [0.2, 0.25) is 0 Å². The average molecular weight is 180 g/mol. The Morgan fingerprint density at radius 1 is 1.31 bits per heavy atom. The van der Waals surface area contributed by atoms with E-state index in [1.807, 2.05) is 0 Å². The molecule has 0 heterocycles. The van der Waals surface area contributed by atoms with Crippen molar-refractivity contribution in [2.45, 2.75) is 6.29 Å². The molecule has 0 aliphatic carbocycles. The Morgan fingerprint density at radius 2 is 1.92 bits per heavy atom. The Balaban J connectivity index is 2.54. The van der Waals surface area contributed by atoms with Gasteiger partial charge in [-0.2, -0.15) is 5.10 Å². The van der Waals surface area contributed by atoms with Crippen molar-refractivity contribution in [1.82, 2.24) is 5.43 Å². The summed E-state index contributed by atoms with van der Waals surface area (Å²) < 4.78 is 0. The zero-order valence-electron chi connectivity index (χ0n) is 7.01. The van der Waals surface area contributed by atoms with Crippen LogP contribution in [0.1, 0.15) is 5.56 Å². The molecule has 0 aliphatic rings. The molecule has 0 unspecified atom stereocenters. The Hall–Kier alpha value is -1.59. The molecule has 13 heavy (non-hydrogen) atoms. The molecule has 0 bridgehead atoms. The monoisotopic (exact) mass is 180 g/mol. The molecule has 0 fully saturated rings. The molecule has 1 aromatic carbocycles. The van der Waals surface area contributed by atoms with Crippen LogP contribution in [0.4, 0.5) is 0 Å². The summed E-state index contributed by atoms with van der Waals surface area (Å²) in [6.45, 7) is 0. The zero-order valence-corrected chi connectivity index (χ0v) is 7.01. The van der Waals surface area contributed by atoms with Gasteiger partial charge in [0.15, 0.2) is 0 Å². The summed E-state index contributed by atoms with van der Waals surface area (Å²) in [7, 11) is 0. The highest BCUT2D eigenvalue weighted by Crippen LogP contribution is 2.07. The van der Waals surface area contributed by atoms with Gasteiger partial charge in [0, 0.05) is 0 Å². The van der Waals surface area contributed by atoms with Crippen LogP contribution in [0.25, 0.3) is 0 Å². The fourth-order valence-electron chi connectivity index (χ4n) is 0.758. The lowest BCUT2D eigenvalue weighted by Crippen LogP contribution is -2.42. The Kier molecular flexibility index (Phi) is 3.24. The standard InChI is InChI=1S/C8H12N4O/c9-8(10)12-11-5-6-1-3-7(13)4-2-6/h1-5,8,12-13H,9-10H2/b11-5+. The van der Waals surface area contributed by atoms with Crippen molar-refractivity contribution < 1.29 is 5.11 Å². The van der Waals surface area contributed by atoms with E-state index in [4.69, 9.17) is 16.6 Å². The first-order chi connectivity index (χ1) is 6.18. The minimum Gasteiger partial charge on any atom is -0.508 e. The molecule has 5 nitrogen and oxygen atoms in total. The second-order valence-electron chi connectivity index (χ2n) is 2.50. The summed E-state index contributed by atoms with van der Waals surface area (Å²) in [5, 5.41) is 12.7. The van der Waals surface area contributed by atoms with Crippen LogP contribution < -0.4 is 16.9 Å². The summed E-state index contributed by atoms with van der Waals surface area (Å²) >= 11 is 0. The van der Waals surface area contributed by atoms with Crippen LogP contribution in [0.5, 0.6) is 5.75 Å². The normalized spacial score (nSPS) is 11.0. The lowest BCUT2D eigenvalue weighted by Gasteiger charge is -2.01. The van der Waals surface area contributed by atoms with E-state index < -0.39 is 6.29 Å². The maximum atomic E-state index is 8.97. The zero-order chi connectivity index (χ0) is 9.68. The first-order valence-corrected chi connectivity index (χ1v) is 3.77. The summed E-state index contributed by atoms with van der Waals surface area (Å²) in [5.74, 6) is 0.223. The van der Waals surface area contributed by atoms with Crippen LogP contribution in [0.15, 0.2) is 29.4 Å². The molecule has 0 spiro atoms. The molecule has 1 rings (SSSR count). The van der Waals surface area contributed by atoms with Crippen LogP contribution in [0, 0.1) is 0 Å². The predicted molar refractivity (Wildman–Crippen MR) is 51.0 cm³/mol. The van der Waals surface area contributed by atoms with Gasteiger partial charge in [-0.1, -0.05) is 0 Å². The first-order valence-electron chi connectivity index (χ1n) is 3.77. The summed E-state index contributed by atoms with van der Waals surface area (Å²) in [6.07, 6.45) is 0.903. The van der Waals surface area contributed by atoms with Crippen molar-refractivity contribution in [3.63, 3.8) is 0 Å². The lowest BCUT2D eigenvalue weighted by molar-refractivity contribution is 0.475. The summed E-state index contributed by atoms with van der Waals surface area (Å²) in [6, 6.07) is 6.60. The summed E-state index contributed by atoms with van der Waals surface area (Å²) in [5.41, 5.74) is 13.7. The number of aromatic hydroxyl groups is 1. The Labute approximate surface area is 76.1 Å². The van der Waals surface area contributed by atoms with Crippen molar-refractivity contribution in [3.8, 4) is 5.75 Å². The molecule has 0 radical (unpaired) electrons. The van der Waals surface area contributed by atoms with Crippen molar-refractivity contribution >= 4 is 6.21 Å². The highest BCUT2D eigenvalue weighted by Gasteiger charge is 1.89. The number of nitrogens with zero attached hydrogens (tertiary/aromatic N) is 1. The molecule has 5 heteroatoms. The third-order valence-electron chi connectivity index (χ3n) is 1.33. The highest BCUT2D eigenvalue weighted by atomic mass is 16.3. The van der Waals surface area contributed by atoms with Crippen LogP contribution in [-0.2, 0) is 0 Å². The van der Waals surface area contributed by atoms with Crippen LogP contribution in [-0.4, -0.2) is 17.6 Å². The smallest absolute Gasteiger partial charge is 0.142 e. The van der Waals surface area contributed by atoms with E-state index in [-0.39, 0.29) is 5.75 Å². The number of nitrogens with two attached hydrogens (primary N) is 2. The van der Waals surface area contributed by atoms with Crippen LogP contribution in [0.2, 0.25) is 0 Å². The van der Waals surface area contributed by atoms with Gasteiger partial charge in [-0.3, -0.25) is 16.9 Å². The highest BCUT2D eigenvalue weighted by molar-refractivity contribution is 5.79. The van der Waals surface area contributed by atoms with E-state index in [9.17, 15) is 0 Å². The van der Waals surface area contributed by atoms with Gasteiger partial charge >= 0.3 is 0 Å².